The van der Waals surface area contributed by atoms with E-state index in [-0.39, 0.29) is 5.97 Å². The van der Waals surface area contributed by atoms with E-state index in [0.717, 1.165) is 70.0 Å². The van der Waals surface area contributed by atoms with Crippen LogP contribution in [0.25, 0.3) is 6.08 Å². The first-order valence-corrected chi connectivity index (χ1v) is 14.1. The molecule has 0 saturated heterocycles. The molecule has 5 nitrogen and oxygen atoms in total. The Morgan fingerprint density at radius 2 is 1.86 bits per heavy atom. The first kappa shape index (κ1) is 30.4. The highest BCUT2D eigenvalue weighted by molar-refractivity contribution is 14.1. The molecule has 2 aromatic carbocycles. The highest BCUT2D eigenvalue weighted by Gasteiger charge is 2.10. The first-order valence-electron chi connectivity index (χ1n) is 11.9. The summed E-state index contributed by atoms with van der Waals surface area (Å²) in [5.41, 5.74) is 6.19. The van der Waals surface area contributed by atoms with E-state index in [2.05, 4.69) is 64.5 Å². The summed E-state index contributed by atoms with van der Waals surface area (Å²) in [6.07, 6.45) is 3.96. The number of nitrogens with one attached hydrogen (secondary N) is 1. The van der Waals surface area contributed by atoms with Crippen molar-refractivity contribution in [2.24, 2.45) is 4.99 Å². The standard InChI is InChI=1S/C28H34Cl2IN3O2/c1-4-36-28(35)12-10-23-6-8-24(9-7-23)20-32-16-13-26(22(3)31)33-27-19-25(11-5-21(27)2)34(17-14-29)18-15-30/h5-12,19,32H,3-4,13-18,20H2,1-2H3/b12-10+,33-26-. The van der Waals surface area contributed by atoms with Gasteiger partial charge in [0.15, 0.2) is 0 Å². The minimum Gasteiger partial charge on any atom is -0.463 e. The van der Waals surface area contributed by atoms with E-state index in [1.807, 2.05) is 24.3 Å². The molecular weight excluding hydrogens is 608 g/mol. The third kappa shape index (κ3) is 10.6. The van der Waals surface area contributed by atoms with Crippen LogP contribution in [-0.4, -0.2) is 49.7 Å². The lowest BCUT2D eigenvalue weighted by Gasteiger charge is -2.23. The number of hydrogen-bond acceptors (Lipinski definition) is 5. The maximum absolute atomic E-state index is 11.4. The molecule has 0 unspecified atom stereocenters. The minimum absolute atomic E-state index is 0.331. The Balaban J connectivity index is 1.98. The van der Waals surface area contributed by atoms with Crippen LogP contribution in [-0.2, 0) is 16.1 Å². The predicted octanol–water partition coefficient (Wildman–Crippen LogP) is 7.06. The molecule has 0 amide bonds. The highest BCUT2D eigenvalue weighted by Crippen LogP contribution is 2.27. The van der Waals surface area contributed by atoms with Crippen molar-refractivity contribution in [3.63, 3.8) is 0 Å². The number of carbonyl (C=O) groups excluding carboxylic acids is 1. The van der Waals surface area contributed by atoms with Gasteiger partial charge in [0.25, 0.3) is 0 Å². The maximum atomic E-state index is 11.4. The molecule has 0 bridgehead atoms. The van der Waals surface area contributed by atoms with Crippen LogP contribution in [0.4, 0.5) is 11.4 Å². The molecule has 194 valence electrons. The van der Waals surface area contributed by atoms with Gasteiger partial charge in [0.05, 0.1) is 18.0 Å². The van der Waals surface area contributed by atoms with Crippen molar-refractivity contribution >= 4 is 74.9 Å². The number of benzene rings is 2. The Bertz CT molecular complexity index is 1050. The molecule has 0 saturated carbocycles. The van der Waals surface area contributed by atoms with Crippen LogP contribution >= 0.6 is 45.8 Å². The summed E-state index contributed by atoms with van der Waals surface area (Å²) in [6.45, 7) is 11.3. The van der Waals surface area contributed by atoms with Crippen molar-refractivity contribution in [3.05, 3.63) is 75.4 Å². The molecule has 0 atom stereocenters. The molecule has 36 heavy (non-hydrogen) atoms. The van der Waals surface area contributed by atoms with Gasteiger partial charge in [-0.25, -0.2) is 4.79 Å². The summed E-state index contributed by atoms with van der Waals surface area (Å²) in [7, 11) is 0. The maximum Gasteiger partial charge on any atom is 0.330 e. The van der Waals surface area contributed by atoms with Crippen LogP contribution in [0.3, 0.4) is 0 Å². The second kappa shape index (κ2) is 16.8. The molecule has 8 heteroatoms. The zero-order chi connectivity index (χ0) is 26.3. The quantitative estimate of drug-likeness (QED) is 0.0565. The fourth-order valence-electron chi connectivity index (χ4n) is 3.43. The van der Waals surface area contributed by atoms with Gasteiger partial charge in [0.1, 0.15) is 0 Å². The molecule has 0 spiro atoms. The van der Waals surface area contributed by atoms with Gasteiger partial charge in [0, 0.05) is 59.7 Å². The molecule has 0 radical (unpaired) electrons. The molecule has 0 aromatic heterocycles. The zero-order valence-corrected chi connectivity index (χ0v) is 24.6. The lowest BCUT2D eigenvalue weighted by Crippen LogP contribution is -2.27. The summed E-state index contributed by atoms with van der Waals surface area (Å²) in [5, 5.41) is 3.48. The van der Waals surface area contributed by atoms with Gasteiger partial charge in [-0.1, -0.05) is 36.9 Å². The zero-order valence-electron chi connectivity index (χ0n) is 20.9. The van der Waals surface area contributed by atoms with Gasteiger partial charge in [-0.3, -0.25) is 4.99 Å². The molecule has 0 fully saturated rings. The number of nitrogens with zero attached hydrogens (tertiary/aromatic N) is 2. The Kier molecular flexibility index (Phi) is 14.2. The fourth-order valence-corrected chi connectivity index (χ4v) is 4.23. The Morgan fingerprint density at radius 3 is 2.47 bits per heavy atom. The number of esters is 1. The summed E-state index contributed by atoms with van der Waals surface area (Å²) in [5.74, 6) is 0.748. The predicted molar refractivity (Wildman–Crippen MR) is 164 cm³/mol. The smallest absolute Gasteiger partial charge is 0.330 e. The average molecular weight is 642 g/mol. The largest absolute Gasteiger partial charge is 0.463 e. The molecule has 0 aliphatic rings. The van der Waals surface area contributed by atoms with E-state index in [1.165, 1.54) is 6.08 Å². The molecule has 1 N–H and O–H groups in total. The van der Waals surface area contributed by atoms with Crippen LogP contribution < -0.4 is 10.2 Å². The SMILES string of the molecule is C=C(I)/C(CCNCc1ccc(/C=C/C(=O)OCC)cc1)=N\c1cc(N(CCCl)CCCl)ccc1C. The van der Waals surface area contributed by atoms with Crippen molar-refractivity contribution in [2.75, 3.05) is 42.9 Å². The monoisotopic (exact) mass is 641 g/mol. The third-order valence-electron chi connectivity index (χ3n) is 5.38. The number of ether oxygens (including phenoxy) is 1. The minimum atomic E-state index is -0.331. The van der Waals surface area contributed by atoms with Gasteiger partial charge in [-0.15, -0.1) is 23.2 Å². The second-order valence-corrected chi connectivity index (χ2v) is 10.1. The molecule has 0 aliphatic carbocycles. The van der Waals surface area contributed by atoms with E-state index < -0.39 is 0 Å². The van der Waals surface area contributed by atoms with Gasteiger partial charge >= 0.3 is 5.97 Å². The summed E-state index contributed by atoms with van der Waals surface area (Å²) in [4.78, 5) is 18.6. The number of halogens is 3. The van der Waals surface area contributed by atoms with E-state index >= 15 is 0 Å². The van der Waals surface area contributed by atoms with Crippen molar-refractivity contribution in [1.82, 2.24) is 5.32 Å². The molecule has 0 aliphatic heterocycles. The number of rotatable bonds is 15. The van der Waals surface area contributed by atoms with Crippen LogP contribution in [0.1, 0.15) is 30.0 Å². The topological polar surface area (TPSA) is 53.9 Å². The third-order valence-corrected chi connectivity index (χ3v) is 6.34. The normalized spacial score (nSPS) is 11.6. The second-order valence-electron chi connectivity index (χ2n) is 8.05. The number of aliphatic imine (C=N–C) groups is 1. The molecule has 2 rings (SSSR count). The number of carbonyl (C=O) groups is 1. The fraction of sp³-hybridized carbons (Fsp3) is 0.357. The van der Waals surface area contributed by atoms with Crippen LogP contribution in [0, 0.1) is 6.92 Å². The number of aryl methyl sites for hydroxylation is 1. The van der Waals surface area contributed by atoms with E-state index in [1.54, 1.807) is 13.0 Å². The average Bonchev–Trinajstić information content (AvgIpc) is 2.86. The van der Waals surface area contributed by atoms with E-state index in [0.29, 0.717) is 18.4 Å². The summed E-state index contributed by atoms with van der Waals surface area (Å²) < 4.78 is 5.83. The first-order chi connectivity index (χ1) is 17.4. The summed E-state index contributed by atoms with van der Waals surface area (Å²) >= 11 is 14.2. The Hall–Kier alpha value is -1.87. The number of hydrogen-bond donors (Lipinski definition) is 1. The van der Waals surface area contributed by atoms with Gasteiger partial charge in [-0.2, -0.15) is 0 Å². The van der Waals surface area contributed by atoms with E-state index in [9.17, 15) is 4.79 Å². The van der Waals surface area contributed by atoms with Crippen LogP contribution in [0.2, 0.25) is 0 Å². The van der Waals surface area contributed by atoms with Crippen LogP contribution in [0.5, 0.6) is 0 Å². The molecule has 0 heterocycles. The lowest BCUT2D eigenvalue weighted by atomic mass is 10.1. The number of allylic oxidation sites excluding steroid dienone is 1. The van der Waals surface area contributed by atoms with Crippen molar-refractivity contribution < 1.29 is 9.53 Å². The van der Waals surface area contributed by atoms with Crippen molar-refractivity contribution in [3.8, 4) is 0 Å². The van der Waals surface area contributed by atoms with Crippen LogP contribution in [0.15, 0.2) is 63.7 Å². The highest BCUT2D eigenvalue weighted by atomic mass is 127. The van der Waals surface area contributed by atoms with Gasteiger partial charge < -0.3 is 15.0 Å². The Morgan fingerprint density at radius 1 is 1.17 bits per heavy atom. The molecular formula is C28H34Cl2IN3O2. The number of anilines is 1. The number of alkyl halides is 2. The molecule has 2 aromatic rings. The van der Waals surface area contributed by atoms with Crippen molar-refractivity contribution in [1.29, 1.82) is 0 Å². The van der Waals surface area contributed by atoms with Crippen molar-refractivity contribution in [2.45, 2.75) is 26.8 Å². The summed E-state index contributed by atoms with van der Waals surface area (Å²) in [6, 6.07) is 14.3. The van der Waals surface area contributed by atoms with Gasteiger partial charge in [0.2, 0.25) is 0 Å². The Labute approximate surface area is 238 Å². The lowest BCUT2D eigenvalue weighted by molar-refractivity contribution is -0.137. The van der Waals surface area contributed by atoms with E-state index in [4.69, 9.17) is 32.9 Å². The van der Waals surface area contributed by atoms with Gasteiger partial charge in [-0.05, 0) is 71.3 Å².